The predicted molar refractivity (Wildman–Crippen MR) is 102 cm³/mol. The molecule has 148 valence electrons. The summed E-state index contributed by atoms with van der Waals surface area (Å²) in [6.45, 7) is 11.7. The number of hydrogen-bond donors (Lipinski definition) is 1. The highest BCUT2D eigenvalue weighted by Gasteiger charge is 2.37. The molecular weight excluding hydrogens is 344 g/mol. The lowest BCUT2D eigenvalue weighted by atomic mass is 9.81. The van der Waals surface area contributed by atoms with Crippen LogP contribution in [0.4, 0.5) is 0 Å². The van der Waals surface area contributed by atoms with Crippen molar-refractivity contribution in [3.05, 3.63) is 23.8 Å². The van der Waals surface area contributed by atoms with E-state index in [2.05, 4.69) is 26.1 Å². The zero-order valence-electron chi connectivity index (χ0n) is 16.9. The van der Waals surface area contributed by atoms with E-state index < -0.39 is 0 Å². The van der Waals surface area contributed by atoms with Crippen molar-refractivity contribution in [1.82, 2.24) is 10.2 Å². The van der Waals surface area contributed by atoms with Crippen molar-refractivity contribution in [2.45, 2.75) is 59.5 Å². The zero-order valence-corrected chi connectivity index (χ0v) is 16.9. The topological polar surface area (TPSA) is 67.9 Å². The first-order valence-electron chi connectivity index (χ1n) is 9.51. The van der Waals surface area contributed by atoms with Crippen LogP contribution in [0.15, 0.2) is 18.2 Å². The van der Waals surface area contributed by atoms with Gasteiger partial charge >= 0.3 is 0 Å². The highest BCUT2D eigenvalue weighted by Crippen LogP contribution is 2.33. The summed E-state index contributed by atoms with van der Waals surface area (Å²) < 4.78 is 10.7. The number of rotatable bonds is 5. The van der Waals surface area contributed by atoms with Gasteiger partial charge in [-0.1, -0.05) is 26.8 Å². The molecule has 1 aromatic rings. The Kier molecular flexibility index (Phi) is 5.10. The number of nitrogens with one attached hydrogen (secondary N) is 1. The highest BCUT2D eigenvalue weighted by atomic mass is 16.7. The van der Waals surface area contributed by atoms with Gasteiger partial charge in [-0.3, -0.25) is 9.59 Å². The second kappa shape index (κ2) is 7.06. The quantitative estimate of drug-likeness (QED) is 0.860. The molecule has 1 fully saturated rings. The van der Waals surface area contributed by atoms with Crippen LogP contribution in [-0.2, 0) is 16.1 Å². The number of carbonyl (C=O) groups is 2. The average Bonchev–Trinajstić information content (AvgIpc) is 3.11. The molecule has 6 nitrogen and oxygen atoms in total. The van der Waals surface area contributed by atoms with Crippen LogP contribution < -0.4 is 14.8 Å². The van der Waals surface area contributed by atoms with E-state index in [0.29, 0.717) is 18.8 Å². The summed E-state index contributed by atoms with van der Waals surface area (Å²) in [6.07, 6.45) is 1.13. The van der Waals surface area contributed by atoms with Gasteiger partial charge in [0.05, 0.1) is 5.92 Å². The third-order valence-electron chi connectivity index (χ3n) is 4.83. The van der Waals surface area contributed by atoms with E-state index in [1.165, 1.54) is 0 Å². The summed E-state index contributed by atoms with van der Waals surface area (Å²) in [6, 6.07) is 5.69. The Hall–Kier alpha value is -2.24. The Bertz CT molecular complexity index is 736. The standard InChI is InChI=1S/C21H30N2O4/c1-20(2,3)12-21(4,5)22-19(25)15-9-18(24)23(11-15)10-14-6-7-16-17(8-14)27-13-26-16/h6-8,15H,9-13H2,1-5H3,(H,22,25). The molecule has 1 aromatic carbocycles. The highest BCUT2D eigenvalue weighted by molar-refractivity contribution is 5.89. The van der Waals surface area contributed by atoms with Crippen molar-refractivity contribution >= 4 is 11.8 Å². The van der Waals surface area contributed by atoms with E-state index in [1.807, 2.05) is 32.0 Å². The molecule has 0 radical (unpaired) electrons. The molecular formula is C21H30N2O4. The van der Waals surface area contributed by atoms with E-state index in [1.54, 1.807) is 4.90 Å². The summed E-state index contributed by atoms with van der Waals surface area (Å²) in [5, 5.41) is 3.14. The summed E-state index contributed by atoms with van der Waals surface area (Å²) in [4.78, 5) is 26.9. The largest absolute Gasteiger partial charge is 0.454 e. The first-order chi connectivity index (χ1) is 12.5. The number of hydrogen-bond acceptors (Lipinski definition) is 4. The SMILES string of the molecule is CC(C)(C)CC(C)(C)NC(=O)C1CC(=O)N(Cc2ccc3c(c2)OCO3)C1. The van der Waals surface area contributed by atoms with Gasteiger partial charge in [-0.15, -0.1) is 0 Å². The van der Waals surface area contributed by atoms with Crippen molar-refractivity contribution in [2.75, 3.05) is 13.3 Å². The molecule has 27 heavy (non-hydrogen) atoms. The molecule has 2 aliphatic heterocycles. The molecule has 0 saturated carbocycles. The molecule has 2 aliphatic rings. The molecule has 3 rings (SSSR count). The van der Waals surface area contributed by atoms with Gasteiger partial charge in [0.15, 0.2) is 11.5 Å². The minimum atomic E-state index is -0.302. The molecule has 1 atom stereocenters. The summed E-state index contributed by atoms with van der Waals surface area (Å²) in [5.41, 5.74) is 0.790. The van der Waals surface area contributed by atoms with Crippen LogP contribution in [0.5, 0.6) is 11.5 Å². The molecule has 2 amide bonds. The van der Waals surface area contributed by atoms with Gasteiger partial charge in [0.1, 0.15) is 0 Å². The molecule has 1 N–H and O–H groups in total. The van der Waals surface area contributed by atoms with Gasteiger partial charge < -0.3 is 19.7 Å². The minimum Gasteiger partial charge on any atom is -0.454 e. The smallest absolute Gasteiger partial charge is 0.231 e. The number of benzene rings is 1. The molecule has 1 saturated heterocycles. The maximum absolute atomic E-state index is 12.7. The summed E-state index contributed by atoms with van der Waals surface area (Å²) in [5.74, 6) is 1.11. The average molecular weight is 374 g/mol. The molecule has 0 aliphatic carbocycles. The third-order valence-corrected chi connectivity index (χ3v) is 4.83. The van der Waals surface area contributed by atoms with E-state index in [4.69, 9.17) is 9.47 Å². The van der Waals surface area contributed by atoms with Crippen LogP contribution in [0.25, 0.3) is 0 Å². The van der Waals surface area contributed by atoms with Gasteiger partial charge in [0, 0.05) is 25.0 Å². The van der Waals surface area contributed by atoms with Crippen molar-refractivity contribution in [2.24, 2.45) is 11.3 Å². The fourth-order valence-corrected chi connectivity index (χ4v) is 4.17. The van der Waals surface area contributed by atoms with Gasteiger partial charge in [-0.05, 0) is 43.4 Å². The fraction of sp³-hybridized carbons (Fsp3) is 0.619. The first-order valence-corrected chi connectivity index (χ1v) is 9.51. The van der Waals surface area contributed by atoms with Gasteiger partial charge in [0.2, 0.25) is 18.6 Å². The van der Waals surface area contributed by atoms with E-state index in [-0.39, 0.29) is 41.9 Å². The summed E-state index contributed by atoms with van der Waals surface area (Å²) in [7, 11) is 0. The Morgan fingerprint density at radius 2 is 1.89 bits per heavy atom. The Labute approximate surface area is 161 Å². The normalized spacial score (nSPS) is 19.5. The molecule has 1 unspecified atom stereocenters. The Morgan fingerprint density at radius 3 is 2.59 bits per heavy atom. The predicted octanol–water partition coefficient (Wildman–Crippen LogP) is 3.09. The number of carbonyl (C=O) groups excluding carboxylic acids is 2. The molecule has 0 bridgehead atoms. The third kappa shape index (κ3) is 4.93. The van der Waals surface area contributed by atoms with E-state index >= 15 is 0 Å². The number of amides is 2. The van der Waals surface area contributed by atoms with Crippen molar-refractivity contribution in [3.63, 3.8) is 0 Å². The van der Waals surface area contributed by atoms with Crippen LogP contribution in [0.2, 0.25) is 0 Å². The van der Waals surface area contributed by atoms with Gasteiger partial charge in [-0.2, -0.15) is 0 Å². The van der Waals surface area contributed by atoms with Crippen LogP contribution in [-0.4, -0.2) is 35.6 Å². The number of ether oxygens (including phenoxy) is 2. The maximum Gasteiger partial charge on any atom is 0.231 e. The van der Waals surface area contributed by atoms with Crippen molar-refractivity contribution < 1.29 is 19.1 Å². The van der Waals surface area contributed by atoms with Gasteiger partial charge in [-0.25, -0.2) is 0 Å². The Balaban J connectivity index is 1.59. The van der Waals surface area contributed by atoms with Crippen LogP contribution in [0.1, 0.15) is 53.0 Å². The minimum absolute atomic E-state index is 0.0152. The molecule has 2 heterocycles. The number of fused-ring (bicyclic) bond motifs is 1. The van der Waals surface area contributed by atoms with E-state index in [9.17, 15) is 9.59 Å². The fourth-order valence-electron chi connectivity index (χ4n) is 4.17. The lowest BCUT2D eigenvalue weighted by Crippen LogP contribution is -2.48. The lowest BCUT2D eigenvalue weighted by molar-refractivity contribution is -0.129. The first kappa shape index (κ1) is 19.5. The second-order valence-corrected chi connectivity index (χ2v) is 9.47. The van der Waals surface area contributed by atoms with Crippen LogP contribution in [0.3, 0.4) is 0 Å². The monoisotopic (exact) mass is 374 g/mol. The maximum atomic E-state index is 12.7. The Morgan fingerprint density at radius 1 is 1.19 bits per heavy atom. The van der Waals surface area contributed by atoms with Gasteiger partial charge in [0.25, 0.3) is 0 Å². The summed E-state index contributed by atoms with van der Waals surface area (Å²) >= 11 is 0. The van der Waals surface area contributed by atoms with Crippen LogP contribution >= 0.6 is 0 Å². The number of likely N-dealkylation sites (tertiary alicyclic amines) is 1. The van der Waals surface area contributed by atoms with Crippen molar-refractivity contribution in [1.29, 1.82) is 0 Å². The molecule has 0 spiro atoms. The van der Waals surface area contributed by atoms with Crippen molar-refractivity contribution in [3.8, 4) is 11.5 Å². The van der Waals surface area contributed by atoms with Crippen LogP contribution in [0, 0.1) is 11.3 Å². The zero-order chi connectivity index (χ0) is 19.8. The molecule has 6 heteroatoms. The molecule has 0 aromatic heterocycles. The van der Waals surface area contributed by atoms with E-state index in [0.717, 1.165) is 17.7 Å². The number of nitrogens with zero attached hydrogens (tertiary/aromatic N) is 1. The second-order valence-electron chi connectivity index (χ2n) is 9.47. The lowest BCUT2D eigenvalue weighted by Gasteiger charge is -2.34.